The van der Waals surface area contributed by atoms with Gasteiger partial charge in [-0.2, -0.15) is 0 Å². The Bertz CT molecular complexity index is 9.61. The first-order valence-corrected chi connectivity index (χ1v) is 1.15. The van der Waals surface area contributed by atoms with Crippen LogP contribution in [0.2, 0.25) is 0 Å². The molecule has 0 heterocycles. The summed E-state index contributed by atoms with van der Waals surface area (Å²) in [5, 5.41) is 2.00. The van der Waals surface area contributed by atoms with Crippen LogP contribution in [0.1, 0.15) is 0 Å². The molecule has 0 aliphatic carbocycles. The maximum Gasteiger partial charge on any atom is 0.0647 e. The molecule has 0 aliphatic rings. The predicted molar refractivity (Wildman–Crippen MR) is 19.5 cm³/mol. The van der Waals surface area contributed by atoms with Crippen LogP contribution in [0, 0.1) is 0 Å². The van der Waals surface area contributed by atoms with E-state index in [0.717, 1.165) is 0 Å². The number of rotatable bonds is 0. The largest absolute Gasteiger partial charge is 1.00 e. The number of quaternary nitrogens is 1. The second kappa shape index (κ2) is 19.7. The zero-order chi connectivity index (χ0) is 2.71. The minimum Gasteiger partial charge on any atom is -1.00 e. The van der Waals surface area contributed by atoms with E-state index in [-0.39, 0.29) is 36.3 Å². The van der Waals surface area contributed by atoms with Gasteiger partial charge in [0, 0.05) is 23.9 Å². The quantitative estimate of drug-likeness (QED) is 0.379. The van der Waals surface area contributed by atoms with Crippen molar-refractivity contribution in [1.82, 2.24) is 0 Å². The number of hydrogen-bond donors (Lipinski definition) is 1. The van der Waals surface area contributed by atoms with Crippen molar-refractivity contribution in [3.8, 4) is 0 Å². The summed E-state index contributed by atoms with van der Waals surface area (Å²) in [6.45, 7) is 0. The summed E-state index contributed by atoms with van der Waals surface area (Å²) in [6, 6.07) is 0. The van der Waals surface area contributed by atoms with E-state index in [9.17, 15) is 0 Å². The van der Waals surface area contributed by atoms with Crippen molar-refractivity contribution in [2.75, 3.05) is 14.1 Å². The Labute approximate surface area is 55.9 Å². The van der Waals surface area contributed by atoms with Crippen LogP contribution in [0.15, 0.2) is 0 Å². The van der Waals surface area contributed by atoms with Crippen LogP contribution in [0.5, 0.6) is 0 Å². The normalized spacial score (nSPS) is 3.60. The molecule has 0 aromatic rings. The first kappa shape index (κ1) is 16.6. The number of halogens is 1. The number of nitrogens with two attached hydrogens (primary N) is 1. The standard InChI is InChI=1S/C2H7N.ClH.Sn/c1-3-2;;/h3H,1-2H3;1H;. The molecule has 3 heteroatoms. The molecule has 1 nitrogen and oxygen atoms in total. The molecular formula is C2H8ClNSn. The minimum atomic E-state index is 0. The van der Waals surface area contributed by atoms with Gasteiger partial charge >= 0.3 is 0 Å². The molecule has 0 aliphatic heterocycles. The zero-order valence-corrected chi connectivity index (χ0v) is 7.07. The molecule has 32 valence electrons. The molecule has 5 heavy (non-hydrogen) atoms. The van der Waals surface area contributed by atoms with Gasteiger partial charge in [0.2, 0.25) is 0 Å². The first-order chi connectivity index (χ1) is 1.41. The van der Waals surface area contributed by atoms with Crippen LogP contribution < -0.4 is 17.7 Å². The smallest absolute Gasteiger partial charge is 0.0647 e. The van der Waals surface area contributed by atoms with Crippen molar-refractivity contribution in [2.45, 2.75) is 0 Å². The van der Waals surface area contributed by atoms with Gasteiger partial charge in [0.25, 0.3) is 0 Å². The Kier molecular flexibility index (Phi) is 65.4. The van der Waals surface area contributed by atoms with Crippen molar-refractivity contribution < 1.29 is 17.7 Å². The van der Waals surface area contributed by atoms with Gasteiger partial charge in [0.15, 0.2) is 0 Å². The van der Waals surface area contributed by atoms with Gasteiger partial charge in [-0.3, -0.25) is 0 Å². The Balaban J connectivity index is -0.0000000200. The van der Waals surface area contributed by atoms with Gasteiger partial charge in [0.05, 0.1) is 14.1 Å². The molecule has 0 atom stereocenters. The number of hydrogen-bond acceptors (Lipinski definition) is 0. The van der Waals surface area contributed by atoms with Crippen molar-refractivity contribution in [1.29, 1.82) is 0 Å². The molecule has 0 aromatic carbocycles. The summed E-state index contributed by atoms with van der Waals surface area (Å²) in [7, 11) is 4.00. The molecule has 0 amide bonds. The summed E-state index contributed by atoms with van der Waals surface area (Å²) in [5.41, 5.74) is 0. The zero-order valence-electron chi connectivity index (χ0n) is 3.46. The van der Waals surface area contributed by atoms with Crippen molar-refractivity contribution >= 4 is 23.9 Å². The molecule has 0 rings (SSSR count). The van der Waals surface area contributed by atoms with Gasteiger partial charge in [0.1, 0.15) is 0 Å². The molecule has 0 saturated heterocycles. The fraction of sp³-hybridized carbons (Fsp3) is 1.00. The summed E-state index contributed by atoms with van der Waals surface area (Å²) in [4.78, 5) is 0. The van der Waals surface area contributed by atoms with Gasteiger partial charge < -0.3 is 17.7 Å². The second-order valence-corrected chi connectivity index (χ2v) is 0.577. The second-order valence-electron chi connectivity index (χ2n) is 0.577. The monoisotopic (exact) mass is 201 g/mol. The van der Waals surface area contributed by atoms with E-state index in [2.05, 4.69) is 0 Å². The van der Waals surface area contributed by atoms with Crippen LogP contribution in [-0.4, -0.2) is 38.0 Å². The third-order valence-electron chi connectivity index (χ3n) is 0. The van der Waals surface area contributed by atoms with E-state index in [1.807, 2.05) is 19.4 Å². The van der Waals surface area contributed by atoms with Crippen molar-refractivity contribution in [3.63, 3.8) is 0 Å². The fourth-order valence-corrected chi connectivity index (χ4v) is 0. The van der Waals surface area contributed by atoms with Gasteiger partial charge in [-0.05, 0) is 0 Å². The van der Waals surface area contributed by atoms with E-state index in [1.54, 1.807) is 0 Å². The summed E-state index contributed by atoms with van der Waals surface area (Å²) >= 11 is 0. The van der Waals surface area contributed by atoms with Crippen LogP contribution in [0.25, 0.3) is 0 Å². The van der Waals surface area contributed by atoms with Gasteiger partial charge in [-0.25, -0.2) is 0 Å². The van der Waals surface area contributed by atoms with E-state index >= 15 is 0 Å². The van der Waals surface area contributed by atoms with E-state index in [1.165, 1.54) is 0 Å². The topological polar surface area (TPSA) is 16.6 Å². The molecule has 4 radical (unpaired) electrons. The molecule has 0 spiro atoms. The average molecular weight is 200 g/mol. The minimum absolute atomic E-state index is 0. The van der Waals surface area contributed by atoms with Crippen LogP contribution in [0.3, 0.4) is 0 Å². The van der Waals surface area contributed by atoms with Crippen LogP contribution >= 0.6 is 0 Å². The third kappa shape index (κ3) is 42.7. The maximum atomic E-state index is 2.00. The van der Waals surface area contributed by atoms with Crippen LogP contribution in [-0.2, 0) is 0 Å². The fourth-order valence-electron chi connectivity index (χ4n) is 0. The Morgan fingerprint density at radius 3 is 1.20 bits per heavy atom. The average Bonchev–Trinajstić information content (AvgIpc) is 0.918. The predicted octanol–water partition coefficient (Wildman–Crippen LogP) is -4.57. The van der Waals surface area contributed by atoms with Crippen molar-refractivity contribution in [2.24, 2.45) is 0 Å². The summed E-state index contributed by atoms with van der Waals surface area (Å²) < 4.78 is 0. The Morgan fingerprint density at radius 1 is 1.20 bits per heavy atom. The molecule has 0 saturated carbocycles. The molecule has 0 fully saturated rings. The summed E-state index contributed by atoms with van der Waals surface area (Å²) in [5.74, 6) is 0. The van der Waals surface area contributed by atoms with Gasteiger partial charge in [-0.15, -0.1) is 0 Å². The van der Waals surface area contributed by atoms with E-state index in [0.29, 0.717) is 0 Å². The molecule has 0 bridgehead atoms. The molecule has 0 unspecified atom stereocenters. The SMILES string of the molecule is C[NH2+]C.[Cl-].[Sn]. The van der Waals surface area contributed by atoms with E-state index in [4.69, 9.17) is 0 Å². The molecule has 2 N–H and O–H groups in total. The van der Waals surface area contributed by atoms with Crippen LogP contribution in [0.4, 0.5) is 0 Å². The summed E-state index contributed by atoms with van der Waals surface area (Å²) in [6.07, 6.45) is 0. The molecule has 0 aromatic heterocycles. The first-order valence-electron chi connectivity index (χ1n) is 1.15. The maximum absolute atomic E-state index is 2.00. The van der Waals surface area contributed by atoms with Gasteiger partial charge in [-0.1, -0.05) is 0 Å². The van der Waals surface area contributed by atoms with Crippen molar-refractivity contribution in [3.05, 3.63) is 0 Å². The Morgan fingerprint density at radius 2 is 1.20 bits per heavy atom. The van der Waals surface area contributed by atoms with E-state index < -0.39 is 0 Å². The molecular weight excluding hydrogens is 192 g/mol. The Hall–Kier alpha value is 1.05. The third-order valence-corrected chi connectivity index (χ3v) is 0.